The highest BCUT2D eigenvalue weighted by Gasteiger charge is 2.33. The van der Waals surface area contributed by atoms with Gasteiger partial charge in [0.2, 0.25) is 5.91 Å². The van der Waals surface area contributed by atoms with Gasteiger partial charge in [0.15, 0.2) is 22.8 Å². The van der Waals surface area contributed by atoms with Crippen LogP contribution in [0.5, 0.6) is 11.5 Å². The molecule has 9 nitrogen and oxygen atoms in total. The molecule has 2 aromatic heterocycles. The largest absolute Gasteiger partial charge is 0.493 e. The summed E-state index contributed by atoms with van der Waals surface area (Å²) in [7, 11) is 1.55. The van der Waals surface area contributed by atoms with Crippen molar-refractivity contribution < 1.29 is 19.1 Å². The summed E-state index contributed by atoms with van der Waals surface area (Å²) in [6, 6.07) is 8.33. The smallest absolute Gasteiger partial charge is 0.275 e. The number of carbonyl (C=O) groups excluding carboxylic acids is 2. The standard InChI is InChI=1S/C26H30ClN5O4/c1-16(27)15-36-23-12-19(8-9-22(23)35-4)14-31(21-7-5-6-10-28-25(21)33)26(34)20-13-24-29-17(2)11-18(3)32(24)30-20/h8-9,11-13,21H,1,5-7,10,14-15H2,2-4H3,(H,28,33)/t21-/m0/s1. The average molecular weight is 512 g/mol. The number of nitrogens with zero attached hydrogens (tertiary/aromatic N) is 4. The predicted molar refractivity (Wildman–Crippen MR) is 136 cm³/mol. The summed E-state index contributed by atoms with van der Waals surface area (Å²) in [5.74, 6) is 0.488. The molecule has 4 rings (SSSR count). The molecule has 1 aliphatic rings. The molecule has 0 unspecified atom stereocenters. The number of carbonyl (C=O) groups is 2. The molecule has 1 aliphatic heterocycles. The van der Waals surface area contributed by atoms with Crippen LogP contribution < -0.4 is 14.8 Å². The Morgan fingerprint density at radius 1 is 1.25 bits per heavy atom. The van der Waals surface area contributed by atoms with Gasteiger partial charge in [-0.05, 0) is 56.9 Å². The minimum absolute atomic E-state index is 0.113. The molecule has 3 heterocycles. The molecule has 3 aromatic rings. The van der Waals surface area contributed by atoms with Crippen LogP contribution in [0.1, 0.15) is 46.7 Å². The molecule has 0 aliphatic carbocycles. The zero-order valence-corrected chi connectivity index (χ0v) is 21.5. The summed E-state index contributed by atoms with van der Waals surface area (Å²) in [6.45, 7) is 8.34. The number of ether oxygens (including phenoxy) is 2. The van der Waals surface area contributed by atoms with Crippen LogP contribution in [0, 0.1) is 13.8 Å². The highest BCUT2D eigenvalue weighted by molar-refractivity contribution is 6.29. The number of hydrogen-bond acceptors (Lipinski definition) is 6. The molecule has 0 spiro atoms. The van der Waals surface area contributed by atoms with Crippen molar-refractivity contribution >= 4 is 29.1 Å². The number of benzene rings is 1. The monoisotopic (exact) mass is 511 g/mol. The van der Waals surface area contributed by atoms with Crippen molar-refractivity contribution in [3.05, 3.63) is 64.6 Å². The third-order valence-corrected chi connectivity index (χ3v) is 6.17. The fourth-order valence-corrected chi connectivity index (χ4v) is 4.42. The summed E-state index contributed by atoms with van der Waals surface area (Å²) in [4.78, 5) is 32.9. The van der Waals surface area contributed by atoms with Crippen LogP contribution in [0.15, 0.2) is 41.9 Å². The van der Waals surface area contributed by atoms with Gasteiger partial charge in [0.05, 0.1) is 7.11 Å². The molecule has 10 heteroatoms. The average Bonchev–Trinajstić information content (AvgIpc) is 3.16. The van der Waals surface area contributed by atoms with E-state index < -0.39 is 6.04 Å². The maximum atomic E-state index is 13.9. The van der Waals surface area contributed by atoms with Crippen molar-refractivity contribution in [2.24, 2.45) is 0 Å². The quantitative estimate of drug-likeness (QED) is 0.494. The van der Waals surface area contributed by atoms with Crippen LogP contribution in [0.2, 0.25) is 0 Å². The van der Waals surface area contributed by atoms with Gasteiger partial charge in [-0.1, -0.05) is 24.2 Å². The molecule has 1 N–H and O–H groups in total. The van der Waals surface area contributed by atoms with Crippen molar-refractivity contribution in [1.82, 2.24) is 24.8 Å². The van der Waals surface area contributed by atoms with E-state index in [0.29, 0.717) is 35.1 Å². The Hall–Kier alpha value is -3.59. The third-order valence-electron chi connectivity index (χ3n) is 6.06. The zero-order chi connectivity index (χ0) is 25.8. The maximum absolute atomic E-state index is 13.9. The fraction of sp³-hybridized carbons (Fsp3) is 0.385. The molecule has 1 aromatic carbocycles. The van der Waals surface area contributed by atoms with Crippen molar-refractivity contribution in [2.75, 3.05) is 20.3 Å². The number of aromatic nitrogens is 3. The van der Waals surface area contributed by atoms with Crippen LogP contribution in [-0.2, 0) is 11.3 Å². The van der Waals surface area contributed by atoms with E-state index in [-0.39, 0.29) is 30.7 Å². The molecular formula is C26H30ClN5O4. The van der Waals surface area contributed by atoms with Gasteiger partial charge in [0.1, 0.15) is 12.6 Å². The molecule has 2 amide bonds. The van der Waals surface area contributed by atoms with Crippen LogP contribution in [0.3, 0.4) is 0 Å². The fourth-order valence-electron chi connectivity index (χ4n) is 4.37. The first kappa shape index (κ1) is 25.5. The predicted octanol–water partition coefficient (Wildman–Crippen LogP) is 3.80. The summed E-state index contributed by atoms with van der Waals surface area (Å²) < 4.78 is 12.8. The van der Waals surface area contributed by atoms with Gasteiger partial charge in [0, 0.05) is 35.6 Å². The number of aryl methyl sites for hydroxylation is 2. The van der Waals surface area contributed by atoms with Crippen LogP contribution in [0.4, 0.5) is 0 Å². The highest BCUT2D eigenvalue weighted by Crippen LogP contribution is 2.30. The van der Waals surface area contributed by atoms with E-state index >= 15 is 0 Å². The Morgan fingerprint density at radius 2 is 2.06 bits per heavy atom. The van der Waals surface area contributed by atoms with E-state index in [1.165, 1.54) is 0 Å². The molecule has 1 saturated heterocycles. The lowest BCUT2D eigenvalue weighted by molar-refractivity contribution is -0.125. The second kappa shape index (κ2) is 11.0. The molecule has 0 radical (unpaired) electrons. The number of hydrogen-bond donors (Lipinski definition) is 1. The van der Waals surface area contributed by atoms with Gasteiger partial charge < -0.3 is 19.7 Å². The Kier molecular flexibility index (Phi) is 7.79. The summed E-state index contributed by atoms with van der Waals surface area (Å²) in [5.41, 5.74) is 3.29. The number of methoxy groups -OCH3 is 1. The second-order valence-corrected chi connectivity index (χ2v) is 9.40. The van der Waals surface area contributed by atoms with Crippen LogP contribution in [0.25, 0.3) is 5.65 Å². The van der Waals surface area contributed by atoms with Crippen molar-refractivity contribution in [3.63, 3.8) is 0 Å². The number of rotatable bonds is 8. The topological polar surface area (TPSA) is 98.1 Å². The Morgan fingerprint density at radius 3 is 2.81 bits per heavy atom. The number of amides is 2. The lowest BCUT2D eigenvalue weighted by Gasteiger charge is -2.29. The van der Waals surface area contributed by atoms with Gasteiger partial charge in [-0.15, -0.1) is 0 Å². The minimum Gasteiger partial charge on any atom is -0.493 e. The normalized spacial score (nSPS) is 15.8. The number of nitrogens with one attached hydrogen (secondary N) is 1. The van der Waals surface area contributed by atoms with E-state index in [1.54, 1.807) is 34.7 Å². The van der Waals surface area contributed by atoms with Crippen LogP contribution in [-0.4, -0.2) is 57.6 Å². The Balaban J connectivity index is 1.71. The summed E-state index contributed by atoms with van der Waals surface area (Å²) in [5, 5.41) is 7.80. The van der Waals surface area contributed by atoms with Gasteiger partial charge in [-0.2, -0.15) is 5.10 Å². The lowest BCUT2D eigenvalue weighted by atomic mass is 10.1. The zero-order valence-electron chi connectivity index (χ0n) is 20.7. The van der Waals surface area contributed by atoms with Gasteiger partial charge in [0.25, 0.3) is 5.91 Å². The molecule has 0 bridgehead atoms. The second-order valence-electron chi connectivity index (χ2n) is 8.87. The molecule has 0 saturated carbocycles. The SMILES string of the molecule is C=C(Cl)COc1cc(CN(C(=O)c2cc3nc(C)cc(C)n3n2)[C@H]2CCCCNC2=O)ccc1OC. The molecule has 36 heavy (non-hydrogen) atoms. The van der Waals surface area contributed by atoms with E-state index in [4.69, 9.17) is 21.1 Å². The van der Waals surface area contributed by atoms with Crippen LogP contribution >= 0.6 is 11.6 Å². The molecule has 1 atom stereocenters. The first-order valence-electron chi connectivity index (χ1n) is 11.8. The number of halogens is 1. The Labute approximate surface area is 215 Å². The lowest BCUT2D eigenvalue weighted by Crippen LogP contribution is -2.48. The summed E-state index contributed by atoms with van der Waals surface area (Å²) >= 11 is 5.87. The third kappa shape index (κ3) is 5.62. The van der Waals surface area contributed by atoms with Gasteiger partial charge in [-0.3, -0.25) is 9.59 Å². The van der Waals surface area contributed by atoms with E-state index in [9.17, 15) is 9.59 Å². The van der Waals surface area contributed by atoms with E-state index in [0.717, 1.165) is 29.8 Å². The minimum atomic E-state index is -0.630. The summed E-state index contributed by atoms with van der Waals surface area (Å²) in [6.07, 6.45) is 2.25. The highest BCUT2D eigenvalue weighted by atomic mass is 35.5. The van der Waals surface area contributed by atoms with E-state index in [1.807, 2.05) is 26.0 Å². The number of fused-ring (bicyclic) bond motifs is 1. The van der Waals surface area contributed by atoms with Gasteiger partial charge >= 0.3 is 0 Å². The maximum Gasteiger partial charge on any atom is 0.275 e. The van der Waals surface area contributed by atoms with E-state index in [2.05, 4.69) is 22.0 Å². The molecule has 190 valence electrons. The van der Waals surface area contributed by atoms with Crippen molar-refractivity contribution in [1.29, 1.82) is 0 Å². The first-order chi connectivity index (χ1) is 17.3. The van der Waals surface area contributed by atoms with Crippen molar-refractivity contribution in [2.45, 2.75) is 45.7 Å². The molecular weight excluding hydrogens is 482 g/mol. The Bertz CT molecular complexity index is 1300. The first-order valence-corrected chi connectivity index (χ1v) is 12.2. The van der Waals surface area contributed by atoms with Gasteiger partial charge in [-0.25, -0.2) is 9.50 Å². The molecule has 1 fully saturated rings. The van der Waals surface area contributed by atoms with Crippen molar-refractivity contribution in [3.8, 4) is 11.5 Å².